The van der Waals surface area contributed by atoms with Crippen molar-refractivity contribution in [3.8, 4) is 5.92 Å². The largest absolute Gasteiger partial charge is 0.317 e. The Morgan fingerprint density at radius 3 is 2.75 bits per heavy atom. The first-order valence-electron chi connectivity index (χ1n) is 2.88. The van der Waals surface area contributed by atoms with E-state index < -0.39 is 0 Å². The predicted molar refractivity (Wildman–Crippen MR) is 34.9 cm³/mol. The predicted octanol–water partition coefficient (Wildman–Crippen LogP) is 0.964. The van der Waals surface area contributed by atoms with Gasteiger partial charge in [0.2, 0.25) is 0 Å². The van der Waals surface area contributed by atoms with E-state index in [-0.39, 0.29) is 0 Å². The standard InChI is InChI=1S/C7H12N/c1-4-5-6-7(2)8-3/h7-8H,5-6H2,2-3H3. The normalized spacial score (nSPS) is 12.6. The van der Waals surface area contributed by atoms with Crippen LogP contribution in [0, 0.1) is 12.3 Å². The Morgan fingerprint density at radius 1 is 1.75 bits per heavy atom. The van der Waals surface area contributed by atoms with Crippen molar-refractivity contribution < 1.29 is 0 Å². The molecule has 1 unspecified atom stereocenters. The Morgan fingerprint density at radius 2 is 2.38 bits per heavy atom. The van der Waals surface area contributed by atoms with Gasteiger partial charge in [0.1, 0.15) is 0 Å². The lowest BCUT2D eigenvalue weighted by Gasteiger charge is -2.04. The van der Waals surface area contributed by atoms with E-state index in [0.717, 1.165) is 12.8 Å². The van der Waals surface area contributed by atoms with Crippen molar-refractivity contribution in [2.75, 3.05) is 7.05 Å². The van der Waals surface area contributed by atoms with Crippen LogP contribution in [0.2, 0.25) is 0 Å². The number of nitrogens with one attached hydrogen (secondary N) is 1. The van der Waals surface area contributed by atoms with Crippen LogP contribution in [-0.4, -0.2) is 13.1 Å². The Balaban J connectivity index is 3.01. The van der Waals surface area contributed by atoms with Crippen molar-refractivity contribution in [2.24, 2.45) is 0 Å². The summed E-state index contributed by atoms with van der Waals surface area (Å²) >= 11 is 0. The maximum atomic E-state index is 6.59. The van der Waals surface area contributed by atoms with Crippen LogP contribution in [0.25, 0.3) is 0 Å². The topological polar surface area (TPSA) is 12.0 Å². The molecule has 0 saturated carbocycles. The van der Waals surface area contributed by atoms with Crippen molar-refractivity contribution in [1.82, 2.24) is 5.32 Å². The van der Waals surface area contributed by atoms with Crippen LogP contribution in [0.4, 0.5) is 0 Å². The van der Waals surface area contributed by atoms with E-state index in [1.54, 1.807) is 0 Å². The van der Waals surface area contributed by atoms with E-state index in [0.29, 0.717) is 6.04 Å². The lowest BCUT2D eigenvalue weighted by Crippen LogP contribution is -2.20. The first kappa shape index (κ1) is 7.52. The molecule has 0 heterocycles. The van der Waals surface area contributed by atoms with E-state index in [4.69, 9.17) is 6.42 Å². The molecular formula is C7H12N. The summed E-state index contributed by atoms with van der Waals surface area (Å²) in [5, 5.41) is 3.08. The zero-order valence-corrected chi connectivity index (χ0v) is 5.49. The zero-order chi connectivity index (χ0) is 6.41. The third kappa shape index (κ3) is 3.70. The minimum absolute atomic E-state index is 0.521. The van der Waals surface area contributed by atoms with Gasteiger partial charge in [-0.15, -0.1) is 0 Å². The fraction of sp³-hybridized carbons (Fsp3) is 0.714. The lowest BCUT2D eigenvalue weighted by molar-refractivity contribution is 0.574. The van der Waals surface area contributed by atoms with Gasteiger partial charge in [-0.3, -0.25) is 0 Å². The second-order valence-electron chi connectivity index (χ2n) is 1.91. The van der Waals surface area contributed by atoms with Crippen LogP contribution in [-0.2, 0) is 0 Å². The summed E-state index contributed by atoms with van der Waals surface area (Å²) in [6.07, 6.45) is 8.37. The third-order valence-corrected chi connectivity index (χ3v) is 1.20. The maximum Gasteiger partial charge on any atom is 0.0114 e. The van der Waals surface area contributed by atoms with Gasteiger partial charge in [-0.1, -0.05) is 5.92 Å². The molecule has 0 rings (SSSR count). The lowest BCUT2D eigenvalue weighted by atomic mass is 10.2. The van der Waals surface area contributed by atoms with Crippen LogP contribution in [0.5, 0.6) is 0 Å². The first-order chi connectivity index (χ1) is 3.81. The van der Waals surface area contributed by atoms with E-state index >= 15 is 0 Å². The highest BCUT2D eigenvalue weighted by atomic mass is 14.8. The molecule has 0 aliphatic rings. The van der Waals surface area contributed by atoms with Gasteiger partial charge < -0.3 is 5.32 Å². The highest BCUT2D eigenvalue weighted by molar-refractivity contribution is 4.77. The van der Waals surface area contributed by atoms with Gasteiger partial charge in [0, 0.05) is 12.5 Å². The quantitative estimate of drug-likeness (QED) is 0.534. The molecule has 0 amide bonds. The molecule has 0 bridgehead atoms. The van der Waals surface area contributed by atoms with Gasteiger partial charge in [0.15, 0.2) is 0 Å². The van der Waals surface area contributed by atoms with E-state index in [1.165, 1.54) is 0 Å². The SMILES string of the molecule is [C]#CCCC(C)NC. The molecule has 1 radical (unpaired) electrons. The molecule has 1 N–H and O–H groups in total. The summed E-state index contributed by atoms with van der Waals surface area (Å²) < 4.78 is 0. The van der Waals surface area contributed by atoms with E-state index in [2.05, 4.69) is 18.2 Å². The Bertz CT molecular complexity index is 80.9. The summed E-state index contributed by atoms with van der Waals surface area (Å²) in [7, 11) is 1.93. The molecule has 0 saturated heterocycles. The fourth-order valence-electron chi connectivity index (χ4n) is 0.433. The highest BCUT2D eigenvalue weighted by Gasteiger charge is 1.92. The molecule has 0 aromatic heterocycles. The van der Waals surface area contributed by atoms with E-state index in [9.17, 15) is 0 Å². The van der Waals surface area contributed by atoms with Gasteiger partial charge >= 0.3 is 0 Å². The maximum absolute atomic E-state index is 6.59. The Labute approximate surface area is 51.5 Å². The van der Waals surface area contributed by atoms with Crippen LogP contribution < -0.4 is 5.32 Å². The molecule has 0 fully saturated rings. The van der Waals surface area contributed by atoms with Crippen molar-refractivity contribution >= 4 is 0 Å². The Kier molecular flexibility index (Phi) is 4.39. The highest BCUT2D eigenvalue weighted by Crippen LogP contribution is 1.91. The average molecular weight is 110 g/mol. The van der Waals surface area contributed by atoms with Gasteiger partial charge in [-0.2, -0.15) is 0 Å². The second kappa shape index (κ2) is 4.67. The van der Waals surface area contributed by atoms with Gasteiger partial charge in [0.25, 0.3) is 0 Å². The fourth-order valence-corrected chi connectivity index (χ4v) is 0.433. The smallest absolute Gasteiger partial charge is 0.0114 e. The molecule has 1 heteroatoms. The van der Waals surface area contributed by atoms with E-state index in [1.807, 2.05) is 7.05 Å². The van der Waals surface area contributed by atoms with Crippen molar-refractivity contribution in [1.29, 1.82) is 0 Å². The summed E-state index contributed by atoms with van der Waals surface area (Å²) in [4.78, 5) is 0. The molecule has 0 aromatic rings. The minimum atomic E-state index is 0.521. The average Bonchev–Trinajstić information content (AvgIpc) is 1.83. The zero-order valence-electron chi connectivity index (χ0n) is 5.49. The van der Waals surface area contributed by atoms with Gasteiger partial charge in [0.05, 0.1) is 0 Å². The third-order valence-electron chi connectivity index (χ3n) is 1.20. The second-order valence-corrected chi connectivity index (χ2v) is 1.91. The molecule has 1 nitrogen and oxygen atoms in total. The van der Waals surface area contributed by atoms with Crippen molar-refractivity contribution in [2.45, 2.75) is 25.8 Å². The minimum Gasteiger partial charge on any atom is -0.317 e. The summed E-state index contributed by atoms with van der Waals surface area (Å²) in [5.41, 5.74) is 0. The number of hydrogen-bond acceptors (Lipinski definition) is 1. The number of rotatable bonds is 3. The monoisotopic (exact) mass is 110 g/mol. The van der Waals surface area contributed by atoms with Gasteiger partial charge in [-0.25, -0.2) is 0 Å². The van der Waals surface area contributed by atoms with Crippen LogP contribution >= 0.6 is 0 Å². The summed E-state index contributed by atoms with van der Waals surface area (Å²) in [6.45, 7) is 2.09. The molecule has 0 aliphatic carbocycles. The molecule has 1 atom stereocenters. The van der Waals surface area contributed by atoms with Crippen LogP contribution in [0.3, 0.4) is 0 Å². The van der Waals surface area contributed by atoms with Gasteiger partial charge in [-0.05, 0) is 26.8 Å². The molecule has 45 valence electrons. The van der Waals surface area contributed by atoms with Crippen molar-refractivity contribution in [3.63, 3.8) is 0 Å². The molecule has 0 aliphatic heterocycles. The summed E-state index contributed by atoms with van der Waals surface area (Å²) in [5.74, 6) is 2.34. The number of hydrogen-bond donors (Lipinski definition) is 1. The molecular weight excluding hydrogens is 98.1 g/mol. The van der Waals surface area contributed by atoms with Crippen LogP contribution in [0.1, 0.15) is 19.8 Å². The molecule has 8 heavy (non-hydrogen) atoms. The van der Waals surface area contributed by atoms with Crippen molar-refractivity contribution in [3.05, 3.63) is 6.42 Å². The molecule has 0 spiro atoms. The first-order valence-corrected chi connectivity index (χ1v) is 2.88. The molecule has 0 aromatic carbocycles. The van der Waals surface area contributed by atoms with Crippen LogP contribution in [0.15, 0.2) is 0 Å². The summed E-state index contributed by atoms with van der Waals surface area (Å²) in [6, 6.07) is 0.521. The Hall–Kier alpha value is -0.480.